The van der Waals surface area contributed by atoms with Crippen LogP contribution in [0.5, 0.6) is 0 Å². The molecule has 2 rings (SSSR count). The number of imidazole rings is 1. The lowest BCUT2D eigenvalue weighted by Crippen LogP contribution is -2.08. The number of benzene rings is 1. The van der Waals surface area contributed by atoms with Crippen molar-refractivity contribution in [2.24, 2.45) is 0 Å². The van der Waals surface area contributed by atoms with E-state index in [0.29, 0.717) is 5.92 Å². The summed E-state index contributed by atoms with van der Waals surface area (Å²) in [5.41, 5.74) is 1.41. The van der Waals surface area contributed by atoms with E-state index in [-0.39, 0.29) is 0 Å². The summed E-state index contributed by atoms with van der Waals surface area (Å²) in [6.07, 6.45) is 5.01. The number of anilines is 1. The van der Waals surface area contributed by atoms with Gasteiger partial charge in [-0.1, -0.05) is 37.3 Å². The van der Waals surface area contributed by atoms with Gasteiger partial charge < -0.3 is 9.88 Å². The van der Waals surface area contributed by atoms with Gasteiger partial charge in [0.25, 0.3) is 0 Å². The Morgan fingerprint density at radius 3 is 2.78 bits per heavy atom. The maximum absolute atomic E-state index is 4.31. The lowest BCUT2D eigenvalue weighted by atomic mass is 9.98. The van der Waals surface area contributed by atoms with Crippen molar-refractivity contribution in [1.82, 2.24) is 9.55 Å². The van der Waals surface area contributed by atoms with Gasteiger partial charge in [-0.3, -0.25) is 0 Å². The van der Waals surface area contributed by atoms with Gasteiger partial charge in [-0.2, -0.15) is 0 Å². The number of nitrogens with one attached hydrogen (secondary N) is 1. The Labute approximate surface area is 109 Å². The maximum Gasteiger partial charge on any atom is 0.202 e. The van der Waals surface area contributed by atoms with Gasteiger partial charge >= 0.3 is 0 Å². The Hall–Kier alpha value is -1.77. The summed E-state index contributed by atoms with van der Waals surface area (Å²) < 4.78 is 2.18. The van der Waals surface area contributed by atoms with Crippen molar-refractivity contribution in [3.8, 4) is 0 Å². The Kier molecular flexibility index (Phi) is 4.40. The van der Waals surface area contributed by atoms with Gasteiger partial charge in [0.15, 0.2) is 0 Å². The van der Waals surface area contributed by atoms with Crippen LogP contribution in [0.15, 0.2) is 42.7 Å². The van der Waals surface area contributed by atoms with Gasteiger partial charge in [0, 0.05) is 25.5 Å². The molecule has 1 N–H and O–H groups in total. The van der Waals surface area contributed by atoms with Crippen LogP contribution in [-0.4, -0.2) is 16.1 Å². The van der Waals surface area contributed by atoms with Crippen molar-refractivity contribution < 1.29 is 0 Å². The summed E-state index contributed by atoms with van der Waals surface area (Å²) in [6.45, 7) is 6.27. The van der Waals surface area contributed by atoms with Crippen molar-refractivity contribution in [2.45, 2.75) is 32.7 Å². The molecule has 2 aromatic rings. The van der Waals surface area contributed by atoms with Crippen LogP contribution >= 0.6 is 0 Å². The predicted molar refractivity (Wildman–Crippen MR) is 75.9 cm³/mol. The third kappa shape index (κ3) is 3.13. The van der Waals surface area contributed by atoms with Gasteiger partial charge in [0.05, 0.1) is 0 Å². The first-order valence-electron chi connectivity index (χ1n) is 6.61. The lowest BCUT2D eigenvalue weighted by Gasteiger charge is -2.13. The first-order chi connectivity index (χ1) is 8.81. The van der Waals surface area contributed by atoms with E-state index in [9.17, 15) is 0 Å². The zero-order valence-electron chi connectivity index (χ0n) is 11.1. The highest BCUT2D eigenvalue weighted by atomic mass is 15.2. The topological polar surface area (TPSA) is 29.9 Å². The molecule has 1 unspecified atom stereocenters. The van der Waals surface area contributed by atoms with Crippen molar-refractivity contribution in [2.75, 3.05) is 11.9 Å². The van der Waals surface area contributed by atoms with Crippen molar-refractivity contribution in [3.05, 3.63) is 48.3 Å². The fourth-order valence-electron chi connectivity index (χ4n) is 2.10. The van der Waals surface area contributed by atoms with E-state index in [1.807, 2.05) is 12.4 Å². The number of rotatable bonds is 6. The quantitative estimate of drug-likeness (QED) is 0.841. The second kappa shape index (κ2) is 6.24. The molecule has 0 radical (unpaired) electrons. The minimum absolute atomic E-state index is 0.572. The fourth-order valence-corrected chi connectivity index (χ4v) is 2.10. The van der Waals surface area contributed by atoms with E-state index in [0.717, 1.165) is 25.5 Å². The molecule has 0 aliphatic rings. The van der Waals surface area contributed by atoms with Crippen LogP contribution in [0.1, 0.15) is 31.7 Å². The summed E-state index contributed by atoms with van der Waals surface area (Å²) in [6, 6.07) is 10.7. The number of aryl methyl sites for hydroxylation is 1. The Balaban J connectivity index is 1.93. The third-order valence-corrected chi connectivity index (χ3v) is 3.22. The highest BCUT2D eigenvalue weighted by Gasteiger charge is 2.07. The monoisotopic (exact) mass is 243 g/mol. The third-order valence-electron chi connectivity index (χ3n) is 3.22. The average molecular weight is 243 g/mol. The van der Waals surface area contributed by atoms with E-state index in [4.69, 9.17) is 0 Å². The maximum atomic E-state index is 4.31. The number of nitrogens with zero attached hydrogens (tertiary/aromatic N) is 2. The van der Waals surface area contributed by atoms with Crippen molar-refractivity contribution in [1.29, 1.82) is 0 Å². The molecule has 0 spiro atoms. The molecule has 0 amide bonds. The van der Waals surface area contributed by atoms with Gasteiger partial charge in [-0.25, -0.2) is 4.98 Å². The van der Waals surface area contributed by atoms with Crippen molar-refractivity contribution in [3.63, 3.8) is 0 Å². The average Bonchev–Trinajstić information content (AvgIpc) is 2.85. The summed E-state index contributed by atoms with van der Waals surface area (Å²) in [7, 11) is 0. The molecular formula is C15H21N3. The van der Waals surface area contributed by atoms with Crippen molar-refractivity contribution >= 4 is 5.95 Å². The number of hydrogen-bond acceptors (Lipinski definition) is 2. The molecule has 18 heavy (non-hydrogen) atoms. The molecule has 0 aliphatic carbocycles. The molecule has 1 heterocycles. The van der Waals surface area contributed by atoms with Crippen LogP contribution in [0, 0.1) is 0 Å². The van der Waals surface area contributed by atoms with Gasteiger partial charge in [0.2, 0.25) is 5.95 Å². The highest BCUT2D eigenvalue weighted by Crippen LogP contribution is 2.20. The summed E-state index contributed by atoms with van der Waals surface area (Å²) >= 11 is 0. The Bertz CT molecular complexity index is 462. The normalized spacial score (nSPS) is 12.3. The lowest BCUT2D eigenvalue weighted by molar-refractivity contribution is 0.579. The smallest absolute Gasteiger partial charge is 0.202 e. The highest BCUT2D eigenvalue weighted by molar-refractivity contribution is 5.25. The standard InChI is InChI=1S/C15H21N3/c1-3-16-15-17-10-12-18(15)11-9-13(2)14-7-5-4-6-8-14/h4-8,10,12-13H,3,9,11H2,1-2H3,(H,16,17). The molecule has 0 fully saturated rings. The molecule has 1 atom stereocenters. The van der Waals surface area contributed by atoms with Crippen LogP contribution in [-0.2, 0) is 6.54 Å². The predicted octanol–water partition coefficient (Wildman–Crippen LogP) is 3.51. The molecule has 0 bridgehead atoms. The van der Waals surface area contributed by atoms with Gasteiger partial charge in [0.1, 0.15) is 0 Å². The van der Waals surface area contributed by atoms with Gasteiger partial charge in [-0.05, 0) is 24.8 Å². The van der Waals surface area contributed by atoms with Crippen LogP contribution in [0.4, 0.5) is 5.95 Å². The Morgan fingerprint density at radius 1 is 1.28 bits per heavy atom. The SMILES string of the molecule is CCNc1nccn1CCC(C)c1ccccc1. The molecule has 3 heteroatoms. The van der Waals surface area contributed by atoms with Crippen LogP contribution in [0.3, 0.4) is 0 Å². The number of aromatic nitrogens is 2. The first kappa shape index (κ1) is 12.7. The minimum atomic E-state index is 0.572. The molecule has 1 aromatic heterocycles. The molecule has 0 saturated heterocycles. The van der Waals surface area contributed by atoms with E-state index in [1.165, 1.54) is 5.56 Å². The van der Waals surface area contributed by atoms with Crippen LogP contribution in [0.25, 0.3) is 0 Å². The second-order valence-electron chi connectivity index (χ2n) is 4.57. The number of hydrogen-bond donors (Lipinski definition) is 1. The van der Waals surface area contributed by atoms with E-state index in [2.05, 4.69) is 59.0 Å². The summed E-state index contributed by atoms with van der Waals surface area (Å²) in [5, 5.41) is 3.27. The summed E-state index contributed by atoms with van der Waals surface area (Å²) in [4.78, 5) is 4.31. The summed E-state index contributed by atoms with van der Waals surface area (Å²) in [5.74, 6) is 1.54. The van der Waals surface area contributed by atoms with Crippen LogP contribution in [0.2, 0.25) is 0 Å². The van der Waals surface area contributed by atoms with E-state index >= 15 is 0 Å². The fraction of sp³-hybridized carbons (Fsp3) is 0.400. The van der Waals surface area contributed by atoms with Crippen LogP contribution < -0.4 is 5.32 Å². The molecular weight excluding hydrogens is 222 g/mol. The zero-order valence-corrected chi connectivity index (χ0v) is 11.1. The molecule has 0 saturated carbocycles. The zero-order chi connectivity index (χ0) is 12.8. The minimum Gasteiger partial charge on any atom is -0.356 e. The first-order valence-corrected chi connectivity index (χ1v) is 6.61. The molecule has 0 aliphatic heterocycles. The molecule has 3 nitrogen and oxygen atoms in total. The largest absolute Gasteiger partial charge is 0.356 e. The second-order valence-corrected chi connectivity index (χ2v) is 4.57. The van der Waals surface area contributed by atoms with E-state index < -0.39 is 0 Å². The molecule has 96 valence electrons. The Morgan fingerprint density at radius 2 is 2.06 bits per heavy atom. The van der Waals surface area contributed by atoms with Gasteiger partial charge in [-0.15, -0.1) is 0 Å². The molecule has 1 aromatic carbocycles. The van der Waals surface area contributed by atoms with E-state index in [1.54, 1.807) is 0 Å².